The van der Waals surface area contributed by atoms with Gasteiger partial charge in [0.15, 0.2) is 0 Å². The Morgan fingerprint density at radius 2 is 1.82 bits per heavy atom. The van der Waals surface area contributed by atoms with Crippen molar-refractivity contribution in [3.63, 3.8) is 0 Å². The molecule has 0 fully saturated rings. The Labute approximate surface area is 124 Å². The van der Waals surface area contributed by atoms with Crippen LogP contribution in [0.15, 0.2) is 59.3 Å². The Kier molecular flexibility index (Phi) is 3.65. The van der Waals surface area contributed by atoms with E-state index in [4.69, 9.17) is 4.42 Å². The summed E-state index contributed by atoms with van der Waals surface area (Å²) in [4.78, 5) is 15.9. The highest BCUT2D eigenvalue weighted by Crippen LogP contribution is 2.20. The maximum atomic E-state index is 13.5. The van der Waals surface area contributed by atoms with Crippen molar-refractivity contribution in [3.05, 3.63) is 72.1 Å². The van der Waals surface area contributed by atoms with E-state index in [0.717, 1.165) is 17.7 Å². The van der Waals surface area contributed by atoms with Gasteiger partial charge in [-0.3, -0.25) is 4.79 Å². The van der Waals surface area contributed by atoms with E-state index in [1.807, 2.05) is 0 Å². The quantitative estimate of drug-likeness (QED) is 0.798. The predicted molar refractivity (Wildman–Crippen MR) is 76.3 cm³/mol. The van der Waals surface area contributed by atoms with Crippen molar-refractivity contribution in [1.29, 1.82) is 0 Å². The number of benzene rings is 1. The van der Waals surface area contributed by atoms with Crippen molar-refractivity contribution in [2.75, 3.05) is 5.32 Å². The normalized spacial score (nSPS) is 10.5. The molecule has 3 rings (SSSR count). The average molecular weight is 300 g/mol. The van der Waals surface area contributed by atoms with Crippen molar-refractivity contribution in [2.24, 2.45) is 0 Å². The van der Waals surface area contributed by atoms with Crippen LogP contribution < -0.4 is 5.32 Å². The molecule has 0 aliphatic carbocycles. The molecule has 2 aromatic heterocycles. The summed E-state index contributed by atoms with van der Waals surface area (Å²) in [6.07, 6.45) is 3.03. The number of nitrogens with one attached hydrogen (secondary N) is 1. The molecule has 0 aliphatic rings. The van der Waals surface area contributed by atoms with E-state index in [9.17, 15) is 13.6 Å². The van der Waals surface area contributed by atoms with Crippen molar-refractivity contribution in [2.45, 2.75) is 0 Å². The molecule has 0 saturated heterocycles. The molecule has 3 aromatic rings. The second-order valence-corrected chi connectivity index (χ2v) is 4.46. The van der Waals surface area contributed by atoms with Gasteiger partial charge >= 0.3 is 0 Å². The van der Waals surface area contributed by atoms with Crippen LogP contribution in [0.25, 0.3) is 11.3 Å². The predicted octanol–water partition coefficient (Wildman–Crippen LogP) is 3.87. The van der Waals surface area contributed by atoms with Crippen LogP contribution in [-0.4, -0.2) is 10.9 Å². The monoisotopic (exact) mass is 300 g/mol. The molecule has 1 aromatic carbocycles. The molecule has 4 nitrogen and oxygen atoms in total. The molecule has 2 heterocycles. The van der Waals surface area contributed by atoms with Crippen LogP contribution in [0.2, 0.25) is 0 Å². The minimum absolute atomic E-state index is 0.183. The molecule has 0 unspecified atom stereocenters. The number of halogens is 2. The Hall–Kier alpha value is -3.02. The molecule has 1 amide bonds. The molecule has 0 spiro atoms. The van der Waals surface area contributed by atoms with Gasteiger partial charge in [-0.25, -0.2) is 13.8 Å². The minimum atomic E-state index is -0.926. The number of carbonyl (C=O) groups excluding carboxylic acids is 1. The summed E-state index contributed by atoms with van der Waals surface area (Å²) < 4.78 is 32.3. The SMILES string of the molecule is O=C(Nc1ccc(-c2ccco2)cn1)c1c(F)cccc1F. The largest absolute Gasteiger partial charge is 0.464 e. The average Bonchev–Trinajstić information content (AvgIpc) is 3.02. The van der Waals surface area contributed by atoms with E-state index in [1.54, 1.807) is 18.2 Å². The maximum Gasteiger partial charge on any atom is 0.262 e. The molecule has 0 saturated carbocycles. The van der Waals surface area contributed by atoms with Gasteiger partial charge in [0.05, 0.1) is 6.26 Å². The summed E-state index contributed by atoms with van der Waals surface area (Å²) in [6.45, 7) is 0. The number of amides is 1. The number of furan rings is 1. The highest BCUT2D eigenvalue weighted by atomic mass is 19.1. The second kappa shape index (κ2) is 5.77. The fraction of sp³-hybridized carbons (Fsp3) is 0. The molecule has 0 atom stereocenters. The Balaban J connectivity index is 1.80. The van der Waals surface area contributed by atoms with Gasteiger partial charge in [0, 0.05) is 11.8 Å². The molecule has 0 radical (unpaired) electrons. The smallest absolute Gasteiger partial charge is 0.262 e. The third-order valence-electron chi connectivity index (χ3n) is 3.00. The van der Waals surface area contributed by atoms with E-state index in [2.05, 4.69) is 10.3 Å². The van der Waals surface area contributed by atoms with Crippen molar-refractivity contribution in [3.8, 4) is 11.3 Å². The number of aromatic nitrogens is 1. The number of hydrogen-bond acceptors (Lipinski definition) is 3. The van der Waals surface area contributed by atoms with Crippen LogP contribution in [0.4, 0.5) is 14.6 Å². The zero-order valence-corrected chi connectivity index (χ0v) is 11.2. The van der Waals surface area contributed by atoms with Gasteiger partial charge in [0.25, 0.3) is 5.91 Å². The molecular formula is C16H10F2N2O2. The zero-order chi connectivity index (χ0) is 15.5. The lowest BCUT2D eigenvalue weighted by Gasteiger charge is -2.06. The van der Waals surface area contributed by atoms with Crippen molar-refractivity contribution < 1.29 is 18.0 Å². The first-order valence-electron chi connectivity index (χ1n) is 6.40. The first-order chi connectivity index (χ1) is 10.6. The molecule has 1 N–H and O–H groups in total. The van der Waals surface area contributed by atoms with E-state index in [1.165, 1.54) is 24.6 Å². The molecule has 0 bridgehead atoms. The van der Waals surface area contributed by atoms with Crippen LogP contribution in [0.5, 0.6) is 0 Å². The summed E-state index contributed by atoms with van der Waals surface area (Å²) in [5.41, 5.74) is 0.0829. The fourth-order valence-electron chi connectivity index (χ4n) is 1.95. The maximum absolute atomic E-state index is 13.5. The van der Waals surface area contributed by atoms with Gasteiger partial charge in [0.1, 0.15) is 28.8 Å². The summed E-state index contributed by atoms with van der Waals surface area (Å²) in [7, 11) is 0. The molecule has 0 aliphatic heterocycles. The first-order valence-corrected chi connectivity index (χ1v) is 6.40. The van der Waals surface area contributed by atoms with Gasteiger partial charge in [-0.15, -0.1) is 0 Å². The number of carbonyl (C=O) groups is 1. The van der Waals surface area contributed by atoms with E-state index < -0.39 is 23.1 Å². The molecule has 6 heteroatoms. The summed E-state index contributed by atoms with van der Waals surface area (Å²) >= 11 is 0. The number of anilines is 1. The van der Waals surface area contributed by atoms with Crippen molar-refractivity contribution >= 4 is 11.7 Å². The van der Waals surface area contributed by atoms with Gasteiger partial charge in [-0.1, -0.05) is 6.07 Å². The van der Waals surface area contributed by atoms with Crippen LogP contribution in [-0.2, 0) is 0 Å². The highest BCUT2D eigenvalue weighted by Gasteiger charge is 2.17. The van der Waals surface area contributed by atoms with Crippen molar-refractivity contribution in [1.82, 2.24) is 4.98 Å². The highest BCUT2D eigenvalue weighted by molar-refractivity contribution is 6.04. The molecule has 22 heavy (non-hydrogen) atoms. The third-order valence-corrected chi connectivity index (χ3v) is 3.00. The first kappa shape index (κ1) is 13.9. The van der Waals surface area contributed by atoms with E-state index >= 15 is 0 Å². The van der Waals surface area contributed by atoms with Gasteiger partial charge in [-0.2, -0.15) is 0 Å². The van der Waals surface area contributed by atoms with E-state index in [-0.39, 0.29) is 5.82 Å². The summed E-state index contributed by atoms with van der Waals surface area (Å²) in [5, 5.41) is 2.35. The standard InChI is InChI=1S/C16H10F2N2O2/c17-11-3-1-4-12(18)15(11)16(21)20-14-7-6-10(9-19-14)13-5-2-8-22-13/h1-9H,(H,19,20,21). The van der Waals surface area contributed by atoms with Crippen LogP contribution >= 0.6 is 0 Å². The number of rotatable bonds is 3. The lowest BCUT2D eigenvalue weighted by Crippen LogP contribution is -2.16. The summed E-state index contributed by atoms with van der Waals surface area (Å²) in [5.74, 6) is -1.93. The fourth-order valence-corrected chi connectivity index (χ4v) is 1.95. The van der Waals surface area contributed by atoms with Gasteiger partial charge in [-0.05, 0) is 36.4 Å². The Bertz CT molecular complexity index is 779. The number of nitrogens with zero attached hydrogens (tertiary/aromatic N) is 1. The number of pyridine rings is 1. The third kappa shape index (κ3) is 2.71. The summed E-state index contributed by atoms with van der Waals surface area (Å²) in [6, 6.07) is 9.94. The molecular weight excluding hydrogens is 290 g/mol. The minimum Gasteiger partial charge on any atom is -0.464 e. The van der Waals surface area contributed by atoms with Crippen LogP contribution in [0.1, 0.15) is 10.4 Å². The lowest BCUT2D eigenvalue weighted by atomic mass is 10.2. The topological polar surface area (TPSA) is 55.1 Å². The Morgan fingerprint density at radius 3 is 2.41 bits per heavy atom. The molecule has 110 valence electrons. The second-order valence-electron chi connectivity index (χ2n) is 4.46. The van der Waals surface area contributed by atoms with Gasteiger partial charge < -0.3 is 9.73 Å². The van der Waals surface area contributed by atoms with Crippen LogP contribution in [0, 0.1) is 11.6 Å². The number of hydrogen-bond donors (Lipinski definition) is 1. The van der Waals surface area contributed by atoms with E-state index in [0.29, 0.717) is 5.76 Å². The zero-order valence-electron chi connectivity index (χ0n) is 11.2. The van der Waals surface area contributed by atoms with Gasteiger partial charge in [0.2, 0.25) is 0 Å². The Morgan fingerprint density at radius 1 is 1.05 bits per heavy atom. The lowest BCUT2D eigenvalue weighted by molar-refractivity contribution is 0.101. The van der Waals surface area contributed by atoms with Crippen LogP contribution in [0.3, 0.4) is 0 Å².